The first-order chi connectivity index (χ1) is 13.0. The molecule has 0 bridgehead atoms. The van der Waals surface area contributed by atoms with Crippen molar-refractivity contribution in [3.63, 3.8) is 0 Å². The molecule has 0 radical (unpaired) electrons. The summed E-state index contributed by atoms with van der Waals surface area (Å²) in [5, 5.41) is 3.92. The monoisotopic (exact) mass is 380 g/mol. The molecule has 144 valence electrons. The largest absolute Gasteiger partial charge is 0.340 e. The molecule has 3 heterocycles. The van der Waals surface area contributed by atoms with Gasteiger partial charge < -0.3 is 19.7 Å². The summed E-state index contributed by atoms with van der Waals surface area (Å²) in [5.41, 5.74) is 6.54. The second-order valence-corrected chi connectivity index (χ2v) is 6.63. The maximum Gasteiger partial charge on any atom is 0.226 e. The summed E-state index contributed by atoms with van der Waals surface area (Å²) in [6.45, 7) is 2.69. The van der Waals surface area contributed by atoms with E-state index in [2.05, 4.69) is 15.1 Å². The third kappa shape index (κ3) is 3.25. The minimum atomic E-state index is -1.08. The number of fused-ring (bicyclic) bond motifs is 1. The third-order valence-corrected chi connectivity index (χ3v) is 4.74. The molecular weight excluding hydrogens is 361 g/mol. The van der Waals surface area contributed by atoms with Gasteiger partial charge in [-0.3, -0.25) is 0 Å². The zero-order chi connectivity index (χ0) is 19.1. The fraction of sp³-hybridized carbons (Fsp3) is 0.471. The van der Waals surface area contributed by atoms with Crippen LogP contribution in [0.3, 0.4) is 0 Å². The lowest BCUT2D eigenvalue weighted by molar-refractivity contribution is 0.243. The standard InChI is InChI=1S/C17H19F3N6O/c1-2-16-23-15(24-27-16)8-26-14-6-11(20)10(19)5-13(14)22-17(26)25-4-3-9(18)12(21)7-25/h5-6,9,12H,2-4,7-8,21H2,1H3. The van der Waals surface area contributed by atoms with Crippen LogP contribution in [0.1, 0.15) is 25.1 Å². The summed E-state index contributed by atoms with van der Waals surface area (Å²) in [4.78, 5) is 10.5. The molecule has 2 atom stereocenters. The molecule has 2 unspecified atom stereocenters. The van der Waals surface area contributed by atoms with E-state index in [1.807, 2.05) is 11.8 Å². The molecular formula is C17H19F3N6O. The number of nitrogens with zero attached hydrogens (tertiary/aromatic N) is 5. The van der Waals surface area contributed by atoms with E-state index in [1.165, 1.54) is 0 Å². The van der Waals surface area contributed by atoms with Crippen LogP contribution in [0.5, 0.6) is 0 Å². The summed E-state index contributed by atoms with van der Waals surface area (Å²) in [5.74, 6) is -0.641. The number of aryl methyl sites for hydroxylation is 1. The number of halogens is 3. The molecule has 1 saturated heterocycles. The highest BCUT2D eigenvalue weighted by molar-refractivity contribution is 5.79. The first kappa shape index (κ1) is 17.8. The molecule has 0 saturated carbocycles. The molecule has 0 aliphatic carbocycles. The van der Waals surface area contributed by atoms with Crippen LogP contribution in [0.2, 0.25) is 0 Å². The fourth-order valence-electron chi connectivity index (χ4n) is 3.28. The second kappa shape index (κ2) is 6.84. The van der Waals surface area contributed by atoms with E-state index < -0.39 is 23.8 Å². The van der Waals surface area contributed by atoms with Gasteiger partial charge >= 0.3 is 0 Å². The number of hydrogen-bond donors (Lipinski definition) is 1. The molecule has 2 aromatic heterocycles. The van der Waals surface area contributed by atoms with Gasteiger partial charge in [-0.15, -0.1) is 0 Å². The van der Waals surface area contributed by atoms with Crippen LogP contribution in [-0.2, 0) is 13.0 Å². The Morgan fingerprint density at radius 2 is 2.04 bits per heavy atom. The highest BCUT2D eigenvalue weighted by Gasteiger charge is 2.29. The van der Waals surface area contributed by atoms with Gasteiger partial charge in [-0.25, -0.2) is 18.2 Å². The summed E-state index contributed by atoms with van der Waals surface area (Å²) >= 11 is 0. The van der Waals surface area contributed by atoms with Gasteiger partial charge in [0.05, 0.1) is 23.6 Å². The molecule has 1 aliphatic rings. The Morgan fingerprint density at radius 1 is 1.26 bits per heavy atom. The Balaban J connectivity index is 1.79. The molecule has 27 heavy (non-hydrogen) atoms. The summed E-state index contributed by atoms with van der Waals surface area (Å²) in [6, 6.07) is 1.47. The highest BCUT2D eigenvalue weighted by Crippen LogP contribution is 2.28. The summed E-state index contributed by atoms with van der Waals surface area (Å²) in [7, 11) is 0. The number of alkyl halides is 1. The molecule has 0 amide bonds. The zero-order valence-electron chi connectivity index (χ0n) is 14.7. The Kier molecular flexibility index (Phi) is 4.50. The lowest BCUT2D eigenvalue weighted by Gasteiger charge is -2.33. The number of imidazole rings is 1. The van der Waals surface area contributed by atoms with E-state index in [9.17, 15) is 13.2 Å². The Bertz CT molecular complexity index is 971. The molecule has 7 nitrogen and oxygen atoms in total. The number of aromatic nitrogens is 4. The number of piperidine rings is 1. The van der Waals surface area contributed by atoms with Gasteiger partial charge in [-0.05, 0) is 6.42 Å². The normalized spacial score (nSPS) is 20.6. The van der Waals surface area contributed by atoms with Crippen LogP contribution in [0.25, 0.3) is 11.0 Å². The Morgan fingerprint density at radius 3 is 2.74 bits per heavy atom. The lowest BCUT2D eigenvalue weighted by atomic mass is 10.1. The smallest absolute Gasteiger partial charge is 0.226 e. The van der Waals surface area contributed by atoms with E-state index in [0.717, 1.165) is 12.1 Å². The first-order valence-electron chi connectivity index (χ1n) is 8.77. The molecule has 0 spiro atoms. The van der Waals surface area contributed by atoms with Crippen molar-refractivity contribution in [3.8, 4) is 0 Å². The van der Waals surface area contributed by atoms with Gasteiger partial charge in [0.15, 0.2) is 17.5 Å². The van der Waals surface area contributed by atoms with Crippen molar-refractivity contribution in [2.45, 2.75) is 38.5 Å². The van der Waals surface area contributed by atoms with Crippen molar-refractivity contribution in [3.05, 3.63) is 35.5 Å². The Hall–Kier alpha value is -2.62. The van der Waals surface area contributed by atoms with Crippen molar-refractivity contribution in [2.24, 2.45) is 5.73 Å². The van der Waals surface area contributed by atoms with Gasteiger partial charge in [-0.1, -0.05) is 12.1 Å². The quantitative estimate of drug-likeness (QED) is 0.747. The van der Waals surface area contributed by atoms with Crippen molar-refractivity contribution >= 4 is 17.0 Å². The maximum atomic E-state index is 13.8. The van der Waals surface area contributed by atoms with Crippen molar-refractivity contribution in [1.29, 1.82) is 0 Å². The topological polar surface area (TPSA) is 86.0 Å². The average molecular weight is 380 g/mol. The predicted octanol–water partition coefficient (Wildman–Crippen LogP) is 2.18. The van der Waals surface area contributed by atoms with Crippen molar-refractivity contribution in [1.82, 2.24) is 19.7 Å². The minimum absolute atomic E-state index is 0.158. The summed E-state index contributed by atoms with van der Waals surface area (Å²) in [6.07, 6.45) is -0.239. The molecule has 1 aromatic carbocycles. The first-order valence-corrected chi connectivity index (χ1v) is 8.77. The van der Waals surface area contributed by atoms with Crippen LogP contribution >= 0.6 is 0 Å². The third-order valence-electron chi connectivity index (χ3n) is 4.74. The predicted molar refractivity (Wildman–Crippen MR) is 92.1 cm³/mol. The summed E-state index contributed by atoms with van der Waals surface area (Å²) < 4.78 is 48.1. The van der Waals surface area contributed by atoms with Gasteiger partial charge in [0.1, 0.15) is 6.17 Å². The minimum Gasteiger partial charge on any atom is -0.340 e. The van der Waals surface area contributed by atoms with Crippen LogP contribution in [0, 0.1) is 11.6 Å². The molecule has 3 aromatic rings. The van der Waals surface area contributed by atoms with Gasteiger partial charge in [-0.2, -0.15) is 4.98 Å². The highest BCUT2D eigenvalue weighted by atomic mass is 19.2. The van der Waals surface area contributed by atoms with Crippen LogP contribution in [-0.4, -0.2) is 45.0 Å². The lowest BCUT2D eigenvalue weighted by Crippen LogP contribution is -2.50. The number of hydrogen-bond acceptors (Lipinski definition) is 6. The molecule has 1 aliphatic heterocycles. The number of nitrogens with two attached hydrogens (primary N) is 1. The van der Waals surface area contributed by atoms with E-state index in [1.54, 1.807) is 4.57 Å². The number of anilines is 1. The van der Waals surface area contributed by atoms with Crippen LogP contribution in [0.4, 0.5) is 19.1 Å². The number of rotatable bonds is 4. The van der Waals surface area contributed by atoms with Crippen molar-refractivity contribution < 1.29 is 17.7 Å². The van der Waals surface area contributed by atoms with Crippen LogP contribution in [0.15, 0.2) is 16.7 Å². The zero-order valence-corrected chi connectivity index (χ0v) is 14.7. The van der Waals surface area contributed by atoms with E-state index in [-0.39, 0.29) is 19.5 Å². The maximum absolute atomic E-state index is 13.8. The molecule has 1 fully saturated rings. The van der Waals surface area contributed by atoms with Crippen LogP contribution < -0.4 is 10.6 Å². The van der Waals surface area contributed by atoms with E-state index >= 15 is 0 Å². The van der Waals surface area contributed by atoms with Gasteiger partial charge in [0.25, 0.3) is 0 Å². The molecule has 2 N–H and O–H groups in total. The van der Waals surface area contributed by atoms with E-state index in [4.69, 9.17) is 10.3 Å². The SMILES string of the molecule is CCc1nc(Cn2c(N3CCC(F)C(N)C3)nc3cc(F)c(F)cc32)no1. The van der Waals surface area contributed by atoms with Gasteiger partial charge in [0.2, 0.25) is 11.8 Å². The Labute approximate surface area is 153 Å². The van der Waals surface area contributed by atoms with Gasteiger partial charge in [0, 0.05) is 31.6 Å². The molecule has 4 rings (SSSR count). The fourth-order valence-corrected chi connectivity index (χ4v) is 3.28. The van der Waals surface area contributed by atoms with E-state index in [0.29, 0.717) is 41.7 Å². The number of benzene rings is 1. The molecule has 10 heteroatoms. The average Bonchev–Trinajstić information content (AvgIpc) is 3.23. The second-order valence-electron chi connectivity index (χ2n) is 6.63. The van der Waals surface area contributed by atoms with Crippen molar-refractivity contribution in [2.75, 3.05) is 18.0 Å².